The van der Waals surface area contributed by atoms with Gasteiger partial charge in [0, 0.05) is 30.6 Å². The van der Waals surface area contributed by atoms with Gasteiger partial charge in [0.2, 0.25) is 5.91 Å². The third-order valence-corrected chi connectivity index (χ3v) is 7.17. The molecule has 1 aromatic carbocycles. The first-order valence-electron chi connectivity index (χ1n) is 10.3. The second kappa shape index (κ2) is 7.37. The smallest absolute Gasteiger partial charge is 0.229 e. The number of nitrogens with zero attached hydrogens (tertiary/aromatic N) is 5. The Morgan fingerprint density at radius 1 is 1.10 bits per heavy atom. The van der Waals surface area contributed by atoms with E-state index in [1.165, 1.54) is 0 Å². The van der Waals surface area contributed by atoms with Crippen LogP contribution in [-0.4, -0.2) is 50.9 Å². The fourth-order valence-corrected chi connectivity index (χ4v) is 5.45. The summed E-state index contributed by atoms with van der Waals surface area (Å²) in [5.74, 6) is 1.17. The van der Waals surface area contributed by atoms with Crippen LogP contribution in [0.1, 0.15) is 36.4 Å². The lowest BCUT2D eigenvalue weighted by Crippen LogP contribution is -2.54. The third-order valence-electron chi connectivity index (χ3n) is 6.35. The molecule has 2 fully saturated rings. The van der Waals surface area contributed by atoms with Gasteiger partial charge < -0.3 is 9.80 Å². The van der Waals surface area contributed by atoms with Crippen molar-refractivity contribution in [1.82, 2.24) is 19.9 Å². The number of likely N-dealkylation sites (tertiary alicyclic amines) is 1. The SMILES string of the molecule is Cc1nc(CC(=O)N2CCCC23CCN(c2cnc4ccccc4n2)CC3)cs1. The van der Waals surface area contributed by atoms with Gasteiger partial charge in [0.15, 0.2) is 0 Å². The van der Waals surface area contributed by atoms with Gasteiger partial charge in [-0.25, -0.2) is 9.97 Å². The summed E-state index contributed by atoms with van der Waals surface area (Å²) in [6.45, 7) is 4.68. The molecule has 0 saturated carbocycles. The van der Waals surface area contributed by atoms with Crippen LogP contribution in [0, 0.1) is 6.92 Å². The van der Waals surface area contributed by atoms with E-state index in [0.29, 0.717) is 6.42 Å². The molecule has 7 heteroatoms. The molecule has 2 aliphatic rings. The Labute approximate surface area is 174 Å². The molecular formula is C22H25N5OS. The molecule has 0 atom stereocenters. The van der Waals surface area contributed by atoms with Crippen LogP contribution in [0.2, 0.25) is 0 Å². The molecule has 1 spiro atoms. The molecule has 5 rings (SSSR count). The summed E-state index contributed by atoms with van der Waals surface area (Å²) in [4.78, 5) is 31.4. The van der Waals surface area contributed by atoms with Crippen LogP contribution in [0.4, 0.5) is 5.82 Å². The highest BCUT2D eigenvalue weighted by molar-refractivity contribution is 7.09. The van der Waals surface area contributed by atoms with Gasteiger partial charge >= 0.3 is 0 Å². The Hall–Kier alpha value is -2.54. The Kier molecular flexibility index (Phi) is 4.70. The Balaban J connectivity index is 1.29. The Bertz CT molecular complexity index is 1040. The maximum absolute atomic E-state index is 13.0. The summed E-state index contributed by atoms with van der Waals surface area (Å²) >= 11 is 1.61. The topological polar surface area (TPSA) is 62.2 Å². The molecule has 2 aromatic heterocycles. The number of rotatable bonds is 3. The van der Waals surface area contributed by atoms with Crippen molar-refractivity contribution >= 4 is 34.1 Å². The maximum atomic E-state index is 13.0. The molecule has 2 aliphatic heterocycles. The molecule has 150 valence electrons. The van der Waals surface area contributed by atoms with Gasteiger partial charge in [-0.2, -0.15) is 0 Å². The van der Waals surface area contributed by atoms with Crippen molar-refractivity contribution in [3.8, 4) is 0 Å². The van der Waals surface area contributed by atoms with E-state index in [4.69, 9.17) is 4.98 Å². The summed E-state index contributed by atoms with van der Waals surface area (Å²) in [6, 6.07) is 7.98. The minimum atomic E-state index is 0.00290. The predicted octanol–water partition coefficient (Wildman–Crippen LogP) is 3.60. The van der Waals surface area contributed by atoms with E-state index in [0.717, 1.165) is 72.9 Å². The largest absolute Gasteiger partial charge is 0.355 e. The van der Waals surface area contributed by atoms with E-state index in [1.54, 1.807) is 11.3 Å². The van der Waals surface area contributed by atoms with Crippen molar-refractivity contribution in [2.45, 2.75) is 44.6 Å². The predicted molar refractivity (Wildman–Crippen MR) is 115 cm³/mol. The number of aromatic nitrogens is 3. The number of carbonyl (C=O) groups is 1. The zero-order valence-corrected chi connectivity index (χ0v) is 17.5. The normalized spacial score (nSPS) is 18.7. The van der Waals surface area contributed by atoms with Gasteiger partial charge in [0.25, 0.3) is 0 Å². The Morgan fingerprint density at radius 3 is 2.66 bits per heavy atom. The summed E-state index contributed by atoms with van der Waals surface area (Å²) in [5.41, 5.74) is 2.77. The van der Waals surface area contributed by atoms with Gasteiger partial charge in [-0.1, -0.05) is 12.1 Å². The molecule has 0 N–H and O–H groups in total. The number of para-hydroxylation sites is 2. The zero-order valence-electron chi connectivity index (χ0n) is 16.7. The number of anilines is 1. The monoisotopic (exact) mass is 407 g/mol. The van der Waals surface area contributed by atoms with Crippen molar-refractivity contribution in [3.05, 3.63) is 46.5 Å². The van der Waals surface area contributed by atoms with E-state index >= 15 is 0 Å². The number of hydrogen-bond acceptors (Lipinski definition) is 6. The summed E-state index contributed by atoms with van der Waals surface area (Å²) in [5, 5.41) is 3.03. The number of aryl methyl sites for hydroxylation is 1. The van der Waals surface area contributed by atoms with E-state index in [-0.39, 0.29) is 11.4 Å². The highest BCUT2D eigenvalue weighted by atomic mass is 32.1. The molecule has 0 aliphatic carbocycles. The molecule has 0 bridgehead atoms. The first-order valence-corrected chi connectivity index (χ1v) is 11.2. The van der Waals surface area contributed by atoms with E-state index < -0.39 is 0 Å². The maximum Gasteiger partial charge on any atom is 0.229 e. The quantitative estimate of drug-likeness (QED) is 0.664. The second-order valence-electron chi connectivity index (χ2n) is 8.11. The van der Waals surface area contributed by atoms with Crippen LogP contribution in [0.3, 0.4) is 0 Å². The molecule has 29 heavy (non-hydrogen) atoms. The van der Waals surface area contributed by atoms with Gasteiger partial charge in [-0.05, 0) is 44.7 Å². The van der Waals surface area contributed by atoms with E-state index in [1.807, 2.05) is 42.8 Å². The number of hydrogen-bond donors (Lipinski definition) is 0. The number of benzene rings is 1. The summed E-state index contributed by atoms with van der Waals surface area (Å²) < 4.78 is 0. The van der Waals surface area contributed by atoms with Gasteiger partial charge in [0.05, 0.1) is 34.4 Å². The molecule has 3 aromatic rings. The Morgan fingerprint density at radius 2 is 1.90 bits per heavy atom. The molecule has 6 nitrogen and oxygen atoms in total. The molecule has 0 radical (unpaired) electrons. The molecule has 1 amide bonds. The van der Waals surface area contributed by atoms with Crippen molar-refractivity contribution in [2.24, 2.45) is 0 Å². The van der Waals surface area contributed by atoms with Crippen LogP contribution in [-0.2, 0) is 11.2 Å². The van der Waals surface area contributed by atoms with Crippen molar-refractivity contribution in [3.63, 3.8) is 0 Å². The molecule has 2 saturated heterocycles. The molecule has 0 unspecified atom stereocenters. The molecule has 4 heterocycles. The second-order valence-corrected chi connectivity index (χ2v) is 9.17. The summed E-state index contributed by atoms with van der Waals surface area (Å²) in [7, 11) is 0. The van der Waals surface area contributed by atoms with Crippen LogP contribution >= 0.6 is 11.3 Å². The number of piperidine rings is 1. The minimum absolute atomic E-state index is 0.00290. The van der Waals surface area contributed by atoms with Crippen LogP contribution in [0.5, 0.6) is 0 Å². The first-order chi connectivity index (χ1) is 14.1. The molecular weight excluding hydrogens is 382 g/mol. The fraction of sp³-hybridized carbons (Fsp3) is 0.455. The summed E-state index contributed by atoms with van der Waals surface area (Å²) in [6.07, 6.45) is 6.48. The standard InChI is InChI=1S/C22H25N5OS/c1-16-24-17(15-29-16)13-21(28)27-10-4-7-22(27)8-11-26(12-9-22)20-14-23-18-5-2-3-6-19(18)25-20/h2-3,5-6,14-15H,4,7-13H2,1H3. The highest BCUT2D eigenvalue weighted by Gasteiger charge is 2.45. The van der Waals surface area contributed by atoms with Crippen LogP contribution in [0.15, 0.2) is 35.8 Å². The lowest BCUT2D eigenvalue weighted by molar-refractivity contribution is -0.135. The third kappa shape index (κ3) is 3.48. The van der Waals surface area contributed by atoms with Gasteiger partial charge in [-0.15, -0.1) is 11.3 Å². The van der Waals surface area contributed by atoms with E-state index in [2.05, 4.69) is 19.8 Å². The number of fused-ring (bicyclic) bond motifs is 1. The van der Waals surface area contributed by atoms with Gasteiger partial charge in [-0.3, -0.25) is 9.78 Å². The van der Waals surface area contributed by atoms with Crippen LogP contribution in [0.25, 0.3) is 11.0 Å². The minimum Gasteiger partial charge on any atom is -0.355 e. The first kappa shape index (κ1) is 18.5. The van der Waals surface area contributed by atoms with E-state index in [9.17, 15) is 4.79 Å². The lowest BCUT2D eigenvalue weighted by atomic mass is 9.84. The lowest BCUT2D eigenvalue weighted by Gasteiger charge is -2.45. The van der Waals surface area contributed by atoms with Crippen molar-refractivity contribution < 1.29 is 4.79 Å². The average molecular weight is 408 g/mol. The van der Waals surface area contributed by atoms with Gasteiger partial charge in [0.1, 0.15) is 5.82 Å². The van der Waals surface area contributed by atoms with Crippen molar-refractivity contribution in [1.29, 1.82) is 0 Å². The number of carbonyl (C=O) groups excluding carboxylic acids is 1. The highest BCUT2D eigenvalue weighted by Crippen LogP contribution is 2.39. The zero-order chi connectivity index (χ0) is 19.8. The average Bonchev–Trinajstić information content (AvgIpc) is 3.34. The fourth-order valence-electron chi connectivity index (χ4n) is 4.84. The number of thiazole rings is 1. The number of amides is 1. The van der Waals surface area contributed by atoms with Crippen molar-refractivity contribution in [2.75, 3.05) is 24.5 Å². The van der Waals surface area contributed by atoms with Crippen LogP contribution < -0.4 is 4.90 Å².